The Morgan fingerprint density at radius 3 is 2.45 bits per heavy atom. The lowest BCUT2D eigenvalue weighted by molar-refractivity contribution is 0.585. The number of hydrogen-bond donors (Lipinski definition) is 0. The van der Waals surface area contributed by atoms with Crippen molar-refractivity contribution in [3.05, 3.63) is 46.8 Å². The van der Waals surface area contributed by atoms with E-state index < -0.39 is 11.6 Å². The lowest BCUT2D eigenvalue weighted by atomic mass is 10.0. The molecular weight excluding hydrogens is 294 g/mol. The van der Waals surface area contributed by atoms with Crippen molar-refractivity contribution >= 4 is 32.1 Å². The van der Waals surface area contributed by atoms with Gasteiger partial charge in [0.2, 0.25) is 0 Å². The standard InChI is InChI=1S/C16H14F2S2/c1-2-3-4-10-7-11(17)16(12(18)8-10)15-9-14-13(20-15)5-6-19-14/h5-9H,2-4H2,1H3. The lowest BCUT2D eigenvalue weighted by Crippen LogP contribution is -1.93. The number of rotatable bonds is 4. The third-order valence-electron chi connectivity index (χ3n) is 3.31. The van der Waals surface area contributed by atoms with Crippen LogP contribution in [0.2, 0.25) is 0 Å². The molecule has 104 valence electrons. The zero-order valence-corrected chi connectivity index (χ0v) is 12.7. The third kappa shape index (κ3) is 2.50. The SMILES string of the molecule is CCCCc1cc(F)c(-c2cc3sccc3s2)c(F)c1. The molecule has 0 bridgehead atoms. The molecule has 0 aliphatic heterocycles. The molecule has 1 aromatic carbocycles. The Hall–Kier alpha value is -1.26. The molecule has 0 radical (unpaired) electrons. The average Bonchev–Trinajstić information content (AvgIpc) is 2.96. The molecule has 0 saturated carbocycles. The summed E-state index contributed by atoms with van der Waals surface area (Å²) in [6, 6.07) is 6.81. The minimum absolute atomic E-state index is 0.110. The third-order valence-corrected chi connectivity index (χ3v) is 5.42. The highest BCUT2D eigenvalue weighted by molar-refractivity contribution is 7.28. The van der Waals surface area contributed by atoms with Gasteiger partial charge in [-0.15, -0.1) is 22.7 Å². The molecule has 0 amide bonds. The number of halogens is 2. The van der Waals surface area contributed by atoms with Crippen LogP contribution in [0.1, 0.15) is 25.3 Å². The van der Waals surface area contributed by atoms with Crippen LogP contribution in [-0.4, -0.2) is 0 Å². The summed E-state index contributed by atoms with van der Waals surface area (Å²) >= 11 is 3.03. The van der Waals surface area contributed by atoms with Crippen molar-refractivity contribution in [2.24, 2.45) is 0 Å². The van der Waals surface area contributed by atoms with E-state index in [9.17, 15) is 8.78 Å². The number of fused-ring (bicyclic) bond motifs is 1. The maximum atomic E-state index is 14.2. The van der Waals surface area contributed by atoms with Crippen LogP contribution in [0.3, 0.4) is 0 Å². The second kappa shape index (κ2) is 5.62. The molecule has 0 aliphatic rings. The van der Waals surface area contributed by atoms with Gasteiger partial charge in [0.1, 0.15) is 11.6 Å². The molecule has 0 spiro atoms. The number of thiophene rings is 2. The van der Waals surface area contributed by atoms with Crippen LogP contribution in [-0.2, 0) is 6.42 Å². The largest absolute Gasteiger partial charge is 0.206 e. The first-order valence-corrected chi connectivity index (χ1v) is 8.34. The average molecular weight is 308 g/mol. The minimum atomic E-state index is -0.454. The van der Waals surface area contributed by atoms with Crippen LogP contribution in [0.25, 0.3) is 19.8 Å². The van der Waals surface area contributed by atoms with Gasteiger partial charge < -0.3 is 0 Å². The van der Waals surface area contributed by atoms with Crippen molar-refractivity contribution in [3.8, 4) is 10.4 Å². The molecule has 0 atom stereocenters. The molecule has 20 heavy (non-hydrogen) atoms. The molecule has 0 saturated heterocycles. The molecule has 0 unspecified atom stereocenters. The van der Waals surface area contributed by atoms with Gasteiger partial charge in [-0.3, -0.25) is 0 Å². The number of aryl methyl sites for hydroxylation is 1. The van der Waals surface area contributed by atoms with Gasteiger partial charge in [0.25, 0.3) is 0 Å². The molecule has 4 heteroatoms. The maximum absolute atomic E-state index is 14.2. The van der Waals surface area contributed by atoms with E-state index in [0.717, 1.165) is 34.2 Å². The Balaban J connectivity index is 2.02. The van der Waals surface area contributed by atoms with Crippen LogP contribution in [0, 0.1) is 11.6 Å². The van der Waals surface area contributed by atoms with Crippen molar-refractivity contribution in [2.45, 2.75) is 26.2 Å². The Morgan fingerprint density at radius 2 is 1.80 bits per heavy atom. The topological polar surface area (TPSA) is 0 Å². The van der Waals surface area contributed by atoms with Crippen LogP contribution in [0.15, 0.2) is 29.6 Å². The molecule has 0 aliphatic carbocycles. The molecule has 0 N–H and O–H groups in total. The van der Waals surface area contributed by atoms with Crippen LogP contribution < -0.4 is 0 Å². The van der Waals surface area contributed by atoms with E-state index in [1.54, 1.807) is 11.3 Å². The summed E-state index contributed by atoms with van der Waals surface area (Å²) in [4.78, 5) is 0.670. The highest BCUT2D eigenvalue weighted by Gasteiger charge is 2.16. The zero-order valence-electron chi connectivity index (χ0n) is 11.1. The predicted octanol–water partition coefficient (Wildman–Crippen LogP) is 6.25. The second-order valence-corrected chi connectivity index (χ2v) is 6.83. The highest BCUT2D eigenvalue weighted by Crippen LogP contribution is 2.38. The van der Waals surface area contributed by atoms with Crippen LogP contribution in [0.4, 0.5) is 8.78 Å². The predicted molar refractivity (Wildman–Crippen MR) is 83.7 cm³/mol. The molecule has 0 nitrogen and oxygen atoms in total. The molecule has 2 aromatic heterocycles. The van der Waals surface area contributed by atoms with E-state index in [1.807, 2.05) is 17.5 Å². The van der Waals surface area contributed by atoms with Crippen molar-refractivity contribution < 1.29 is 8.78 Å². The summed E-state index contributed by atoms with van der Waals surface area (Å²) in [6.45, 7) is 2.07. The first-order chi connectivity index (χ1) is 9.69. The fraction of sp³-hybridized carbons (Fsp3) is 0.250. The molecule has 0 fully saturated rings. The van der Waals surface area contributed by atoms with Gasteiger partial charge >= 0.3 is 0 Å². The summed E-state index contributed by atoms with van der Waals surface area (Å²) in [5.74, 6) is -0.907. The first kappa shape index (κ1) is 13.7. The molecule has 3 rings (SSSR count). The van der Waals surface area contributed by atoms with E-state index in [1.165, 1.54) is 23.5 Å². The van der Waals surface area contributed by atoms with Crippen molar-refractivity contribution in [1.29, 1.82) is 0 Å². The normalized spacial score (nSPS) is 11.3. The van der Waals surface area contributed by atoms with Gasteiger partial charge in [-0.25, -0.2) is 8.78 Å². The Bertz CT molecular complexity index is 688. The Morgan fingerprint density at radius 1 is 1.05 bits per heavy atom. The smallest absolute Gasteiger partial charge is 0.135 e. The summed E-state index contributed by atoms with van der Waals surface area (Å²) in [7, 11) is 0. The van der Waals surface area contributed by atoms with E-state index in [0.29, 0.717) is 4.88 Å². The fourth-order valence-corrected chi connectivity index (χ4v) is 4.43. The van der Waals surface area contributed by atoms with Crippen molar-refractivity contribution in [1.82, 2.24) is 0 Å². The summed E-state index contributed by atoms with van der Waals surface area (Å²) in [5, 5.41) is 1.99. The van der Waals surface area contributed by atoms with Gasteiger partial charge in [0.15, 0.2) is 0 Å². The molecular formula is C16H14F2S2. The van der Waals surface area contributed by atoms with Gasteiger partial charge in [0.05, 0.1) is 5.56 Å². The Kier molecular flexibility index (Phi) is 3.85. The highest BCUT2D eigenvalue weighted by atomic mass is 32.1. The summed E-state index contributed by atoms with van der Waals surface area (Å²) in [6.07, 6.45) is 2.70. The van der Waals surface area contributed by atoms with Gasteiger partial charge in [-0.05, 0) is 48.1 Å². The number of benzene rings is 1. The van der Waals surface area contributed by atoms with Gasteiger partial charge in [-0.1, -0.05) is 13.3 Å². The molecule has 2 heterocycles. The monoisotopic (exact) mass is 308 g/mol. The van der Waals surface area contributed by atoms with Crippen LogP contribution >= 0.6 is 22.7 Å². The van der Waals surface area contributed by atoms with Gasteiger partial charge in [-0.2, -0.15) is 0 Å². The summed E-state index contributed by atoms with van der Waals surface area (Å²) < 4.78 is 30.6. The minimum Gasteiger partial charge on any atom is -0.206 e. The quantitative estimate of drug-likeness (QED) is 0.534. The lowest BCUT2D eigenvalue weighted by Gasteiger charge is -2.06. The fourth-order valence-electron chi connectivity index (χ4n) is 2.28. The second-order valence-electron chi connectivity index (χ2n) is 4.80. The molecule has 3 aromatic rings. The van der Waals surface area contributed by atoms with Crippen molar-refractivity contribution in [3.63, 3.8) is 0 Å². The van der Waals surface area contributed by atoms with E-state index in [2.05, 4.69) is 6.92 Å². The maximum Gasteiger partial charge on any atom is 0.135 e. The van der Waals surface area contributed by atoms with E-state index in [-0.39, 0.29) is 5.56 Å². The first-order valence-electron chi connectivity index (χ1n) is 6.64. The van der Waals surface area contributed by atoms with Crippen molar-refractivity contribution in [2.75, 3.05) is 0 Å². The Labute approximate surface area is 124 Å². The number of hydrogen-bond acceptors (Lipinski definition) is 2. The van der Waals surface area contributed by atoms with E-state index in [4.69, 9.17) is 0 Å². The van der Waals surface area contributed by atoms with Crippen LogP contribution in [0.5, 0.6) is 0 Å². The zero-order chi connectivity index (χ0) is 14.1. The van der Waals surface area contributed by atoms with Gasteiger partial charge in [0, 0.05) is 14.3 Å². The summed E-state index contributed by atoms with van der Waals surface area (Å²) in [5.41, 5.74) is 0.850. The number of unbranched alkanes of at least 4 members (excludes halogenated alkanes) is 1. The van der Waals surface area contributed by atoms with E-state index >= 15 is 0 Å².